The van der Waals surface area contributed by atoms with Crippen molar-refractivity contribution < 1.29 is 18.3 Å². The van der Waals surface area contributed by atoms with E-state index in [-0.39, 0.29) is 17.4 Å². The highest BCUT2D eigenvalue weighted by Crippen LogP contribution is 2.33. The van der Waals surface area contributed by atoms with E-state index in [2.05, 4.69) is 31.9 Å². The van der Waals surface area contributed by atoms with Crippen molar-refractivity contribution in [1.82, 2.24) is 4.31 Å². The van der Waals surface area contributed by atoms with Gasteiger partial charge in [0.15, 0.2) is 0 Å². The fourth-order valence-corrected chi connectivity index (χ4v) is 5.77. The Morgan fingerprint density at radius 2 is 2.05 bits per heavy atom. The molecule has 1 aromatic rings. The highest BCUT2D eigenvalue weighted by Gasteiger charge is 2.42. The van der Waals surface area contributed by atoms with Gasteiger partial charge in [-0.25, -0.2) is 8.42 Å². The zero-order valence-corrected chi connectivity index (χ0v) is 15.3. The molecule has 0 amide bonds. The Labute approximate surface area is 140 Å². The second-order valence-corrected chi connectivity index (χ2v) is 8.72. The van der Waals surface area contributed by atoms with Crippen molar-refractivity contribution in [2.75, 3.05) is 6.54 Å². The molecule has 8 heteroatoms. The number of nitrogens with zero attached hydrogens (tertiary/aromatic N) is 1. The van der Waals surface area contributed by atoms with Gasteiger partial charge in [0.1, 0.15) is 6.04 Å². The van der Waals surface area contributed by atoms with E-state index in [1.165, 1.54) is 6.07 Å². The molecule has 1 heterocycles. The van der Waals surface area contributed by atoms with Crippen LogP contribution in [0.25, 0.3) is 0 Å². The maximum absolute atomic E-state index is 12.8. The van der Waals surface area contributed by atoms with Crippen LogP contribution in [-0.4, -0.2) is 36.4 Å². The second kappa shape index (κ2) is 6.36. The quantitative estimate of drug-likeness (QED) is 0.783. The van der Waals surface area contributed by atoms with Gasteiger partial charge in [0.05, 0.1) is 4.90 Å². The standard InChI is InChI=1S/C13H15Br2NO4S/c1-8-3-2-6-16(12(8)13(17)18)21(19,20)11-7-9(14)4-5-10(11)15/h4-5,7-8,12H,2-3,6H2,1H3,(H,17,18). The summed E-state index contributed by atoms with van der Waals surface area (Å²) in [7, 11) is -3.87. The van der Waals surface area contributed by atoms with Gasteiger partial charge in [0, 0.05) is 15.5 Å². The van der Waals surface area contributed by atoms with Crippen molar-refractivity contribution in [2.45, 2.75) is 30.7 Å². The number of benzene rings is 1. The molecule has 1 fully saturated rings. The Morgan fingerprint density at radius 1 is 1.38 bits per heavy atom. The zero-order chi connectivity index (χ0) is 15.8. The molecule has 1 aliphatic rings. The first kappa shape index (κ1) is 16.9. The third-order valence-electron chi connectivity index (χ3n) is 3.62. The molecule has 5 nitrogen and oxygen atoms in total. The van der Waals surface area contributed by atoms with Crippen LogP contribution < -0.4 is 0 Å². The topological polar surface area (TPSA) is 74.7 Å². The minimum atomic E-state index is -3.87. The van der Waals surface area contributed by atoms with Crippen molar-refractivity contribution in [1.29, 1.82) is 0 Å². The third kappa shape index (κ3) is 3.33. The summed E-state index contributed by atoms with van der Waals surface area (Å²) in [6.07, 6.45) is 1.37. The van der Waals surface area contributed by atoms with Crippen LogP contribution in [-0.2, 0) is 14.8 Å². The molecule has 116 valence electrons. The Kier molecular flexibility index (Phi) is 5.12. The Bertz CT molecular complexity index is 662. The number of carbonyl (C=O) groups is 1. The second-order valence-electron chi connectivity index (χ2n) is 5.09. The fourth-order valence-electron chi connectivity index (χ4n) is 2.59. The lowest BCUT2D eigenvalue weighted by Crippen LogP contribution is -2.51. The fraction of sp³-hybridized carbons (Fsp3) is 0.462. The van der Waals surface area contributed by atoms with Crippen LogP contribution in [0.1, 0.15) is 19.8 Å². The van der Waals surface area contributed by atoms with Crippen molar-refractivity contribution >= 4 is 47.9 Å². The summed E-state index contributed by atoms with van der Waals surface area (Å²) in [5.74, 6) is -1.31. The van der Waals surface area contributed by atoms with Gasteiger partial charge in [-0.3, -0.25) is 4.79 Å². The van der Waals surface area contributed by atoms with Crippen LogP contribution in [0.3, 0.4) is 0 Å². The van der Waals surface area contributed by atoms with Crippen molar-refractivity contribution in [3.8, 4) is 0 Å². The number of aliphatic carboxylic acids is 1. The normalized spacial score (nSPS) is 24.0. The summed E-state index contributed by atoms with van der Waals surface area (Å²) in [5, 5.41) is 9.39. The average Bonchev–Trinajstić information content (AvgIpc) is 2.40. The van der Waals surface area contributed by atoms with Gasteiger partial charge in [0.25, 0.3) is 0 Å². The largest absolute Gasteiger partial charge is 0.480 e. The number of hydrogen-bond donors (Lipinski definition) is 1. The molecular weight excluding hydrogens is 426 g/mol. The molecule has 0 bridgehead atoms. The average molecular weight is 441 g/mol. The summed E-state index contributed by atoms with van der Waals surface area (Å²) in [5.41, 5.74) is 0. The van der Waals surface area contributed by atoms with Gasteiger partial charge < -0.3 is 5.11 Å². The van der Waals surface area contributed by atoms with Crippen molar-refractivity contribution in [3.63, 3.8) is 0 Å². The van der Waals surface area contributed by atoms with Gasteiger partial charge in [0.2, 0.25) is 10.0 Å². The maximum Gasteiger partial charge on any atom is 0.322 e. The van der Waals surface area contributed by atoms with Crippen LogP contribution >= 0.6 is 31.9 Å². The van der Waals surface area contributed by atoms with Gasteiger partial charge in [-0.2, -0.15) is 4.31 Å². The summed E-state index contributed by atoms with van der Waals surface area (Å²) < 4.78 is 27.8. The molecule has 0 saturated carbocycles. The number of hydrogen-bond acceptors (Lipinski definition) is 3. The first-order valence-corrected chi connectivity index (χ1v) is 9.47. The predicted molar refractivity (Wildman–Crippen MR) is 85.6 cm³/mol. The number of carboxylic acids is 1. The van der Waals surface area contributed by atoms with E-state index in [1.807, 2.05) is 0 Å². The summed E-state index contributed by atoms with van der Waals surface area (Å²) in [4.78, 5) is 11.6. The molecule has 2 atom stereocenters. The van der Waals surface area contributed by atoms with Crippen molar-refractivity contribution in [3.05, 3.63) is 27.1 Å². The molecule has 0 radical (unpaired) electrons. The van der Waals surface area contributed by atoms with Gasteiger partial charge in [-0.05, 0) is 52.9 Å². The lowest BCUT2D eigenvalue weighted by molar-refractivity contribution is -0.144. The molecule has 0 spiro atoms. The monoisotopic (exact) mass is 439 g/mol. The van der Waals surface area contributed by atoms with Crippen molar-refractivity contribution in [2.24, 2.45) is 5.92 Å². The molecule has 1 saturated heterocycles. The lowest BCUT2D eigenvalue weighted by Gasteiger charge is -2.36. The highest BCUT2D eigenvalue weighted by atomic mass is 79.9. The van der Waals surface area contributed by atoms with E-state index in [0.717, 1.165) is 4.31 Å². The van der Waals surface area contributed by atoms with Crippen LogP contribution in [0.5, 0.6) is 0 Å². The number of sulfonamides is 1. The lowest BCUT2D eigenvalue weighted by atomic mass is 9.93. The summed E-state index contributed by atoms with van der Waals surface area (Å²) >= 11 is 6.48. The molecule has 1 N–H and O–H groups in total. The number of halogens is 2. The van der Waals surface area contributed by atoms with E-state index in [1.54, 1.807) is 19.1 Å². The van der Waals surface area contributed by atoms with E-state index in [9.17, 15) is 18.3 Å². The van der Waals surface area contributed by atoms with E-state index in [0.29, 0.717) is 21.8 Å². The van der Waals surface area contributed by atoms with Crippen LogP contribution in [0.15, 0.2) is 32.0 Å². The Balaban J connectivity index is 2.51. The number of piperidine rings is 1. The van der Waals surface area contributed by atoms with E-state index < -0.39 is 22.0 Å². The zero-order valence-electron chi connectivity index (χ0n) is 11.3. The highest BCUT2D eigenvalue weighted by molar-refractivity contribution is 9.11. The Hall–Kier alpha value is -0.440. The number of carboxylic acid groups (broad SMARTS) is 1. The first-order valence-electron chi connectivity index (χ1n) is 6.45. The SMILES string of the molecule is CC1CCCN(S(=O)(=O)c2cc(Br)ccc2Br)C1C(=O)O. The van der Waals surface area contributed by atoms with Crippen LogP contribution in [0.4, 0.5) is 0 Å². The van der Waals surface area contributed by atoms with Gasteiger partial charge in [-0.15, -0.1) is 0 Å². The predicted octanol–water partition coefficient (Wildman–Crippen LogP) is 3.09. The van der Waals surface area contributed by atoms with Crippen LogP contribution in [0, 0.1) is 5.92 Å². The molecule has 2 rings (SSSR count). The molecule has 0 aliphatic carbocycles. The van der Waals surface area contributed by atoms with E-state index >= 15 is 0 Å². The molecule has 1 aliphatic heterocycles. The summed E-state index contributed by atoms with van der Waals surface area (Å²) in [6, 6.07) is 3.81. The minimum absolute atomic E-state index is 0.0808. The van der Waals surface area contributed by atoms with Gasteiger partial charge >= 0.3 is 5.97 Å². The first-order chi connectivity index (χ1) is 9.75. The third-order valence-corrected chi connectivity index (χ3v) is 6.99. The molecule has 1 aromatic carbocycles. The maximum atomic E-state index is 12.8. The summed E-state index contributed by atoms with van der Waals surface area (Å²) in [6.45, 7) is 2.00. The molecule has 2 unspecified atom stereocenters. The minimum Gasteiger partial charge on any atom is -0.480 e. The molecule has 0 aromatic heterocycles. The van der Waals surface area contributed by atoms with Crippen LogP contribution in [0.2, 0.25) is 0 Å². The van der Waals surface area contributed by atoms with E-state index in [4.69, 9.17) is 0 Å². The smallest absolute Gasteiger partial charge is 0.322 e. The molecule has 21 heavy (non-hydrogen) atoms. The Morgan fingerprint density at radius 3 is 2.67 bits per heavy atom. The van der Waals surface area contributed by atoms with Gasteiger partial charge in [-0.1, -0.05) is 22.9 Å². The molecular formula is C13H15Br2NO4S. The number of rotatable bonds is 3.